The molecular formula is C27H27N5O6S. The average molecular weight is 550 g/mol. The van der Waals surface area contributed by atoms with E-state index < -0.39 is 27.4 Å². The van der Waals surface area contributed by atoms with E-state index in [1.807, 2.05) is 42.0 Å². The SMILES string of the molecule is COc1ccc(N(CC(=O)NCc2ccc(-n3ccnc3C)cc2)S(=O)(=O)c2ccc(C)c([N+](=O)[O-])c2)cc1. The first-order valence-electron chi connectivity index (χ1n) is 11.9. The molecule has 202 valence electrons. The summed E-state index contributed by atoms with van der Waals surface area (Å²) in [5.74, 6) is 0.793. The summed E-state index contributed by atoms with van der Waals surface area (Å²) in [6.07, 6.45) is 3.56. The van der Waals surface area contributed by atoms with Crippen molar-refractivity contribution in [3.8, 4) is 11.4 Å². The van der Waals surface area contributed by atoms with Crippen LogP contribution in [0.2, 0.25) is 0 Å². The van der Waals surface area contributed by atoms with Crippen LogP contribution in [0.3, 0.4) is 0 Å². The maximum absolute atomic E-state index is 13.6. The minimum absolute atomic E-state index is 0.175. The molecule has 0 fully saturated rings. The van der Waals surface area contributed by atoms with E-state index >= 15 is 0 Å². The van der Waals surface area contributed by atoms with Crippen molar-refractivity contribution < 1.29 is 22.9 Å². The van der Waals surface area contributed by atoms with Gasteiger partial charge in [-0.1, -0.05) is 18.2 Å². The molecule has 0 saturated carbocycles. The van der Waals surface area contributed by atoms with Crippen LogP contribution >= 0.6 is 0 Å². The third-order valence-corrected chi connectivity index (χ3v) is 7.91. The van der Waals surface area contributed by atoms with Crippen molar-refractivity contribution >= 4 is 27.3 Å². The summed E-state index contributed by atoms with van der Waals surface area (Å²) in [6, 6.07) is 17.3. The summed E-state index contributed by atoms with van der Waals surface area (Å²) >= 11 is 0. The average Bonchev–Trinajstić information content (AvgIpc) is 3.36. The van der Waals surface area contributed by atoms with Gasteiger partial charge in [-0.25, -0.2) is 13.4 Å². The lowest BCUT2D eigenvalue weighted by Gasteiger charge is -2.24. The Hall–Kier alpha value is -4.71. The molecule has 0 spiro atoms. The quantitative estimate of drug-likeness (QED) is 0.234. The zero-order valence-electron chi connectivity index (χ0n) is 21.6. The fourth-order valence-corrected chi connectivity index (χ4v) is 5.39. The molecule has 0 saturated heterocycles. The molecule has 1 aromatic heterocycles. The van der Waals surface area contributed by atoms with Crippen molar-refractivity contribution in [2.45, 2.75) is 25.3 Å². The molecule has 1 amide bonds. The maximum Gasteiger partial charge on any atom is 0.273 e. The van der Waals surface area contributed by atoms with Crippen LogP contribution in [0, 0.1) is 24.0 Å². The van der Waals surface area contributed by atoms with E-state index in [9.17, 15) is 23.3 Å². The molecule has 1 N–H and O–H groups in total. The van der Waals surface area contributed by atoms with Crippen LogP contribution in [0.5, 0.6) is 5.75 Å². The zero-order valence-corrected chi connectivity index (χ0v) is 22.4. The number of nitrogens with one attached hydrogen (secondary N) is 1. The predicted octanol–water partition coefficient (Wildman–Crippen LogP) is 3.92. The Bertz CT molecular complexity index is 1600. The summed E-state index contributed by atoms with van der Waals surface area (Å²) in [7, 11) is -2.86. The van der Waals surface area contributed by atoms with Gasteiger partial charge in [-0.05, 0) is 61.9 Å². The van der Waals surface area contributed by atoms with Crippen molar-refractivity contribution in [3.05, 3.63) is 106 Å². The fourth-order valence-electron chi connectivity index (χ4n) is 3.95. The number of nitrogens with zero attached hydrogens (tertiary/aromatic N) is 4. The van der Waals surface area contributed by atoms with Gasteiger partial charge in [0.2, 0.25) is 5.91 Å². The Labute approximate surface area is 225 Å². The molecule has 0 bridgehead atoms. The molecule has 1 heterocycles. The number of aryl methyl sites for hydroxylation is 2. The summed E-state index contributed by atoms with van der Waals surface area (Å²) in [6.45, 7) is 3.05. The first kappa shape index (κ1) is 27.3. The zero-order chi connectivity index (χ0) is 28.2. The molecule has 11 nitrogen and oxygen atoms in total. The number of carbonyl (C=O) groups excluding carboxylic acids is 1. The number of nitro benzene ring substituents is 1. The number of nitro groups is 1. The van der Waals surface area contributed by atoms with Crippen LogP contribution in [0.1, 0.15) is 17.0 Å². The third-order valence-electron chi connectivity index (χ3n) is 6.14. The number of benzene rings is 3. The minimum Gasteiger partial charge on any atom is -0.497 e. The second-order valence-electron chi connectivity index (χ2n) is 8.70. The third kappa shape index (κ3) is 6.07. The second kappa shape index (κ2) is 11.4. The van der Waals surface area contributed by atoms with Gasteiger partial charge < -0.3 is 14.6 Å². The van der Waals surface area contributed by atoms with Gasteiger partial charge in [0, 0.05) is 36.3 Å². The van der Waals surface area contributed by atoms with Crippen LogP contribution in [-0.2, 0) is 21.4 Å². The summed E-state index contributed by atoms with van der Waals surface area (Å²) in [5.41, 5.74) is 1.93. The molecule has 0 unspecified atom stereocenters. The maximum atomic E-state index is 13.6. The van der Waals surface area contributed by atoms with E-state index in [0.29, 0.717) is 11.3 Å². The fraction of sp³-hybridized carbons (Fsp3) is 0.185. The molecule has 0 aliphatic heterocycles. The molecule has 4 rings (SSSR count). The predicted molar refractivity (Wildman–Crippen MR) is 146 cm³/mol. The Morgan fingerprint density at radius 2 is 1.77 bits per heavy atom. The van der Waals surface area contributed by atoms with Gasteiger partial charge in [0.25, 0.3) is 15.7 Å². The molecule has 3 aromatic carbocycles. The van der Waals surface area contributed by atoms with Crippen molar-refractivity contribution in [3.63, 3.8) is 0 Å². The molecule has 4 aromatic rings. The second-order valence-corrected chi connectivity index (χ2v) is 10.6. The number of hydrogen-bond acceptors (Lipinski definition) is 7. The Morgan fingerprint density at radius 3 is 2.36 bits per heavy atom. The van der Waals surface area contributed by atoms with E-state index in [1.54, 1.807) is 18.3 Å². The van der Waals surface area contributed by atoms with E-state index in [1.165, 1.54) is 38.3 Å². The van der Waals surface area contributed by atoms with Gasteiger partial charge >= 0.3 is 0 Å². The number of amides is 1. The van der Waals surface area contributed by atoms with Crippen molar-refractivity contribution in [2.75, 3.05) is 18.0 Å². The highest BCUT2D eigenvalue weighted by Crippen LogP contribution is 2.29. The summed E-state index contributed by atoms with van der Waals surface area (Å²) in [4.78, 5) is 27.7. The first-order chi connectivity index (χ1) is 18.6. The Balaban J connectivity index is 1.56. The van der Waals surface area contributed by atoms with E-state index in [4.69, 9.17) is 4.74 Å². The number of methoxy groups -OCH3 is 1. The smallest absolute Gasteiger partial charge is 0.273 e. The number of aromatic nitrogens is 2. The van der Waals surface area contributed by atoms with Gasteiger partial charge in [0.05, 0.1) is 22.6 Å². The molecule has 0 aliphatic rings. The normalized spacial score (nSPS) is 11.2. The van der Waals surface area contributed by atoms with Crippen LogP contribution in [0.4, 0.5) is 11.4 Å². The summed E-state index contributed by atoms with van der Waals surface area (Å²) < 4.78 is 35.3. The van der Waals surface area contributed by atoms with Gasteiger partial charge in [-0.15, -0.1) is 0 Å². The molecule has 39 heavy (non-hydrogen) atoms. The standard InChI is InChI=1S/C27H27N5O6S/c1-19-4-13-25(16-26(19)32(34)35)39(36,37)31(23-9-11-24(38-3)12-10-23)18-27(33)29-17-21-5-7-22(8-6-21)30-15-14-28-20(30)2/h4-16H,17-18H2,1-3H3,(H,29,33). The first-order valence-corrected chi connectivity index (χ1v) is 13.3. The van der Waals surface area contributed by atoms with Crippen molar-refractivity contribution in [1.82, 2.24) is 14.9 Å². The van der Waals surface area contributed by atoms with Gasteiger partial charge in [0.1, 0.15) is 18.1 Å². The topological polar surface area (TPSA) is 137 Å². The van der Waals surface area contributed by atoms with Crippen LogP contribution in [-0.4, -0.2) is 42.5 Å². The molecule has 0 atom stereocenters. The number of rotatable bonds is 10. The van der Waals surface area contributed by atoms with Crippen LogP contribution in [0.15, 0.2) is 84.0 Å². The molecule has 0 aliphatic carbocycles. The van der Waals surface area contributed by atoms with Crippen LogP contribution < -0.4 is 14.4 Å². The molecule has 12 heteroatoms. The molecule has 0 radical (unpaired) electrons. The summed E-state index contributed by atoms with van der Waals surface area (Å²) in [5, 5.41) is 14.2. The van der Waals surface area contributed by atoms with Gasteiger partial charge in [-0.2, -0.15) is 0 Å². The number of imidazole rings is 1. The van der Waals surface area contributed by atoms with Gasteiger partial charge in [0.15, 0.2) is 0 Å². The van der Waals surface area contributed by atoms with Crippen LogP contribution in [0.25, 0.3) is 5.69 Å². The number of carbonyl (C=O) groups is 1. The number of sulfonamides is 1. The monoisotopic (exact) mass is 549 g/mol. The van der Waals surface area contributed by atoms with Gasteiger partial charge in [-0.3, -0.25) is 19.2 Å². The van der Waals surface area contributed by atoms with Crippen molar-refractivity contribution in [2.24, 2.45) is 0 Å². The van der Waals surface area contributed by atoms with E-state index in [2.05, 4.69) is 10.3 Å². The van der Waals surface area contributed by atoms with E-state index in [-0.39, 0.29) is 22.8 Å². The highest BCUT2D eigenvalue weighted by Gasteiger charge is 2.29. The number of ether oxygens (including phenoxy) is 1. The molecular weight excluding hydrogens is 522 g/mol. The van der Waals surface area contributed by atoms with E-state index in [0.717, 1.165) is 27.4 Å². The largest absolute Gasteiger partial charge is 0.497 e. The number of anilines is 1. The Morgan fingerprint density at radius 1 is 1.08 bits per heavy atom. The lowest BCUT2D eigenvalue weighted by Crippen LogP contribution is -2.40. The Kier molecular flexibility index (Phi) is 7.96. The lowest BCUT2D eigenvalue weighted by atomic mass is 10.2. The number of hydrogen-bond donors (Lipinski definition) is 1. The lowest BCUT2D eigenvalue weighted by molar-refractivity contribution is -0.385. The highest BCUT2D eigenvalue weighted by molar-refractivity contribution is 7.92. The van der Waals surface area contributed by atoms with Crippen molar-refractivity contribution in [1.29, 1.82) is 0 Å². The minimum atomic E-state index is -4.34. The highest BCUT2D eigenvalue weighted by atomic mass is 32.2.